The zero-order valence-electron chi connectivity index (χ0n) is 33.2. The van der Waals surface area contributed by atoms with Crippen LogP contribution in [-0.4, -0.2) is 142 Å². The van der Waals surface area contributed by atoms with Crippen LogP contribution in [0.15, 0.2) is 12.2 Å². The van der Waals surface area contributed by atoms with E-state index in [1.54, 1.807) is 0 Å². The Morgan fingerprint density at radius 2 is 1.04 bits per heavy atom. The molecule has 15 nitrogen and oxygen atoms in total. The molecule has 11 atom stereocenters. The summed E-state index contributed by atoms with van der Waals surface area (Å²) in [6, 6.07) is 0. The standard InChI is InChI=1S/C40H72O15/c1-3-5-7-9-11-12-13-14-15-17-19-21-23-32(43)53-28(25-50-31(42)22-20-18-16-10-8-6-4-2)26-51-39-38(49)36(47)34(45)30(55-39)27-52-40-37(48)35(46)33(44)29(24-41)54-40/h11-12,28-30,33-41,44-49H,3-10,13-27H2,1-2H3/b12-11-. The number of allylic oxidation sites excluding steroid dienone is 2. The topological polar surface area (TPSA) is 231 Å². The molecule has 2 fully saturated rings. The van der Waals surface area contributed by atoms with E-state index >= 15 is 0 Å². The third-order valence-corrected chi connectivity index (χ3v) is 9.99. The molecule has 2 aliphatic heterocycles. The van der Waals surface area contributed by atoms with Gasteiger partial charge in [0, 0.05) is 12.8 Å². The van der Waals surface area contributed by atoms with Gasteiger partial charge in [0.1, 0.15) is 55.4 Å². The number of hydrogen-bond donors (Lipinski definition) is 7. The molecular formula is C40H72O15. The maximum atomic E-state index is 12.8. The van der Waals surface area contributed by atoms with Crippen LogP contribution in [0.1, 0.15) is 136 Å². The van der Waals surface area contributed by atoms with Crippen LogP contribution in [-0.2, 0) is 38.0 Å². The molecule has 0 aromatic carbocycles. The van der Waals surface area contributed by atoms with Crippen molar-refractivity contribution in [2.45, 2.75) is 203 Å². The molecule has 0 spiro atoms. The van der Waals surface area contributed by atoms with Crippen molar-refractivity contribution in [3.63, 3.8) is 0 Å². The Labute approximate surface area is 327 Å². The Hall–Kier alpha value is -1.76. The van der Waals surface area contributed by atoms with Crippen molar-refractivity contribution in [2.75, 3.05) is 26.4 Å². The van der Waals surface area contributed by atoms with Crippen molar-refractivity contribution in [2.24, 2.45) is 0 Å². The van der Waals surface area contributed by atoms with Crippen LogP contribution >= 0.6 is 0 Å². The lowest BCUT2D eigenvalue weighted by atomic mass is 9.98. The van der Waals surface area contributed by atoms with E-state index in [1.165, 1.54) is 32.1 Å². The van der Waals surface area contributed by atoms with Gasteiger partial charge in [-0.1, -0.05) is 96.6 Å². The monoisotopic (exact) mass is 792 g/mol. The van der Waals surface area contributed by atoms with E-state index in [1.807, 2.05) is 0 Å². The van der Waals surface area contributed by atoms with E-state index < -0.39 is 92.7 Å². The van der Waals surface area contributed by atoms with Crippen LogP contribution in [0, 0.1) is 0 Å². The fraction of sp³-hybridized carbons (Fsp3) is 0.900. The molecule has 0 aromatic heterocycles. The molecule has 11 unspecified atom stereocenters. The molecule has 0 aromatic rings. The normalized spacial score (nSPS) is 29.0. The Balaban J connectivity index is 1.89. The maximum absolute atomic E-state index is 12.8. The highest BCUT2D eigenvalue weighted by Crippen LogP contribution is 2.26. The van der Waals surface area contributed by atoms with Gasteiger partial charge in [0.2, 0.25) is 0 Å². The maximum Gasteiger partial charge on any atom is 0.306 e. The van der Waals surface area contributed by atoms with Crippen LogP contribution < -0.4 is 0 Å². The molecule has 0 aliphatic carbocycles. The number of ether oxygens (including phenoxy) is 6. The largest absolute Gasteiger partial charge is 0.462 e. The second-order valence-corrected chi connectivity index (χ2v) is 14.8. The lowest BCUT2D eigenvalue weighted by molar-refractivity contribution is -0.332. The van der Waals surface area contributed by atoms with Crippen molar-refractivity contribution in [1.82, 2.24) is 0 Å². The van der Waals surface area contributed by atoms with Crippen LogP contribution in [0.25, 0.3) is 0 Å². The molecule has 2 rings (SSSR count). The Morgan fingerprint density at radius 1 is 0.564 bits per heavy atom. The van der Waals surface area contributed by atoms with Gasteiger partial charge in [0.05, 0.1) is 19.8 Å². The molecule has 0 amide bonds. The summed E-state index contributed by atoms with van der Waals surface area (Å²) < 4.78 is 33.3. The molecular weight excluding hydrogens is 720 g/mol. The SMILES string of the molecule is CCCCC/C=C\CCCCCCCC(=O)OC(COC(=O)CCCCCCCCC)COC1OC(COC2OC(CO)C(O)C(O)C2O)C(O)C(O)C1O. The third-order valence-electron chi connectivity index (χ3n) is 9.99. The number of aliphatic hydroxyl groups excluding tert-OH is 7. The molecule has 0 radical (unpaired) electrons. The number of carbonyl (C=O) groups is 2. The summed E-state index contributed by atoms with van der Waals surface area (Å²) in [4.78, 5) is 25.4. The van der Waals surface area contributed by atoms with Gasteiger partial charge < -0.3 is 64.2 Å². The molecule has 2 saturated heterocycles. The van der Waals surface area contributed by atoms with Crippen molar-refractivity contribution in [1.29, 1.82) is 0 Å². The molecule has 15 heteroatoms. The minimum atomic E-state index is -1.76. The zero-order chi connectivity index (χ0) is 40.4. The van der Waals surface area contributed by atoms with Crippen LogP contribution in [0.3, 0.4) is 0 Å². The molecule has 322 valence electrons. The second-order valence-electron chi connectivity index (χ2n) is 14.8. The average molecular weight is 793 g/mol. The summed E-state index contributed by atoms with van der Waals surface area (Å²) in [5.74, 6) is -0.943. The lowest BCUT2D eigenvalue weighted by Crippen LogP contribution is -2.61. The predicted octanol–water partition coefficient (Wildman–Crippen LogP) is 3.09. The minimum Gasteiger partial charge on any atom is -0.462 e. The molecule has 7 N–H and O–H groups in total. The first-order valence-electron chi connectivity index (χ1n) is 20.8. The average Bonchev–Trinajstić information content (AvgIpc) is 3.18. The van der Waals surface area contributed by atoms with E-state index in [-0.39, 0.29) is 26.1 Å². The summed E-state index contributed by atoms with van der Waals surface area (Å²) in [6.07, 6.45) is 5.81. The van der Waals surface area contributed by atoms with Gasteiger partial charge in [-0.2, -0.15) is 0 Å². The van der Waals surface area contributed by atoms with Gasteiger partial charge in [0.15, 0.2) is 18.7 Å². The van der Waals surface area contributed by atoms with E-state index in [0.717, 1.165) is 64.2 Å². The fourth-order valence-corrected chi connectivity index (χ4v) is 6.44. The molecule has 0 bridgehead atoms. The summed E-state index contributed by atoms with van der Waals surface area (Å²) in [7, 11) is 0. The van der Waals surface area contributed by atoms with Gasteiger partial charge in [-0.05, 0) is 38.5 Å². The van der Waals surface area contributed by atoms with E-state index in [9.17, 15) is 45.3 Å². The van der Waals surface area contributed by atoms with Gasteiger partial charge in [-0.15, -0.1) is 0 Å². The van der Waals surface area contributed by atoms with E-state index in [4.69, 9.17) is 28.4 Å². The molecule has 0 saturated carbocycles. The number of rotatable bonds is 30. The number of carbonyl (C=O) groups excluding carboxylic acids is 2. The first-order valence-corrected chi connectivity index (χ1v) is 20.8. The van der Waals surface area contributed by atoms with Gasteiger partial charge in [-0.25, -0.2) is 0 Å². The zero-order valence-corrected chi connectivity index (χ0v) is 33.2. The second kappa shape index (κ2) is 29.5. The van der Waals surface area contributed by atoms with Gasteiger partial charge in [0.25, 0.3) is 0 Å². The molecule has 2 heterocycles. The highest BCUT2D eigenvalue weighted by molar-refractivity contribution is 5.70. The first-order chi connectivity index (χ1) is 26.5. The summed E-state index contributed by atoms with van der Waals surface area (Å²) in [5, 5.41) is 71.6. The fourth-order valence-electron chi connectivity index (χ4n) is 6.44. The van der Waals surface area contributed by atoms with Crippen LogP contribution in [0.2, 0.25) is 0 Å². The lowest BCUT2D eigenvalue weighted by Gasteiger charge is -2.42. The Bertz CT molecular complexity index is 1030. The number of aliphatic hydroxyl groups is 7. The highest BCUT2D eigenvalue weighted by Gasteiger charge is 2.47. The number of unbranched alkanes of at least 4 members (excludes halogenated alkanes) is 14. The van der Waals surface area contributed by atoms with Gasteiger partial charge in [-0.3, -0.25) is 9.59 Å². The Morgan fingerprint density at radius 3 is 1.64 bits per heavy atom. The van der Waals surface area contributed by atoms with Gasteiger partial charge >= 0.3 is 11.9 Å². The smallest absolute Gasteiger partial charge is 0.306 e. The number of hydrogen-bond acceptors (Lipinski definition) is 15. The van der Waals surface area contributed by atoms with Crippen LogP contribution in [0.4, 0.5) is 0 Å². The predicted molar refractivity (Wildman–Crippen MR) is 201 cm³/mol. The first kappa shape index (κ1) is 49.4. The van der Waals surface area contributed by atoms with Crippen molar-refractivity contribution >= 4 is 11.9 Å². The van der Waals surface area contributed by atoms with Crippen molar-refractivity contribution in [3.8, 4) is 0 Å². The minimum absolute atomic E-state index is 0.157. The Kier molecular flexibility index (Phi) is 26.4. The van der Waals surface area contributed by atoms with Crippen molar-refractivity contribution in [3.05, 3.63) is 12.2 Å². The summed E-state index contributed by atoms with van der Waals surface area (Å²) >= 11 is 0. The summed E-state index contributed by atoms with van der Waals surface area (Å²) in [6.45, 7) is 2.47. The quantitative estimate of drug-likeness (QED) is 0.0315. The van der Waals surface area contributed by atoms with E-state index in [2.05, 4.69) is 26.0 Å². The number of esters is 2. The summed E-state index contributed by atoms with van der Waals surface area (Å²) in [5.41, 5.74) is 0. The highest BCUT2D eigenvalue weighted by atomic mass is 16.7. The van der Waals surface area contributed by atoms with Crippen molar-refractivity contribution < 1.29 is 73.8 Å². The van der Waals surface area contributed by atoms with Crippen LogP contribution in [0.5, 0.6) is 0 Å². The molecule has 2 aliphatic rings. The van der Waals surface area contributed by atoms with E-state index in [0.29, 0.717) is 12.8 Å². The third kappa shape index (κ3) is 19.5. The molecule has 55 heavy (non-hydrogen) atoms.